The summed E-state index contributed by atoms with van der Waals surface area (Å²) in [6.07, 6.45) is 18.1. The molecule has 0 bridgehead atoms. The number of urea groups is 1. The van der Waals surface area contributed by atoms with E-state index in [4.69, 9.17) is 4.74 Å². The Bertz CT molecular complexity index is 1270. The lowest BCUT2D eigenvalue weighted by Crippen LogP contribution is -2.29. The molecule has 6 rings (SSSR count). The van der Waals surface area contributed by atoms with E-state index in [1.165, 1.54) is 45.1 Å². The Labute approximate surface area is 226 Å². The van der Waals surface area contributed by atoms with Crippen molar-refractivity contribution in [3.8, 4) is 5.00 Å². The van der Waals surface area contributed by atoms with Gasteiger partial charge >= 0.3 is 12.0 Å². The van der Waals surface area contributed by atoms with Crippen LogP contribution in [-0.2, 0) is 37.0 Å². The monoisotopic (exact) mass is 537 g/mol. The summed E-state index contributed by atoms with van der Waals surface area (Å²) >= 11 is 3.40. The first-order chi connectivity index (χ1) is 18.2. The number of anilines is 1. The second-order valence-electron chi connectivity index (χ2n) is 10.5. The van der Waals surface area contributed by atoms with Crippen LogP contribution in [0.4, 0.5) is 9.80 Å². The van der Waals surface area contributed by atoms with Crippen molar-refractivity contribution in [3.05, 3.63) is 56.5 Å². The van der Waals surface area contributed by atoms with Gasteiger partial charge in [-0.1, -0.05) is 6.42 Å². The zero-order valence-electron chi connectivity index (χ0n) is 21.3. The molecule has 3 aliphatic carbocycles. The number of aromatic nitrogens is 1. The average Bonchev–Trinajstić information content (AvgIpc) is 3.65. The molecule has 1 fully saturated rings. The largest absolute Gasteiger partial charge is 0.459 e. The van der Waals surface area contributed by atoms with Gasteiger partial charge in [0.2, 0.25) is 0 Å². The minimum Gasteiger partial charge on any atom is -0.459 e. The van der Waals surface area contributed by atoms with Crippen LogP contribution in [0.1, 0.15) is 94.6 Å². The smallest absolute Gasteiger partial charge is 0.341 e. The van der Waals surface area contributed by atoms with Crippen molar-refractivity contribution >= 4 is 39.7 Å². The molecule has 3 aromatic rings. The lowest BCUT2D eigenvalue weighted by Gasteiger charge is -2.22. The van der Waals surface area contributed by atoms with E-state index in [1.54, 1.807) is 11.3 Å². The van der Waals surface area contributed by atoms with Crippen LogP contribution in [-0.4, -0.2) is 22.7 Å². The van der Waals surface area contributed by atoms with E-state index in [2.05, 4.69) is 27.6 Å². The molecule has 6 nitrogen and oxygen atoms in total. The van der Waals surface area contributed by atoms with Gasteiger partial charge in [-0.2, -0.15) is 0 Å². The van der Waals surface area contributed by atoms with Crippen molar-refractivity contribution in [1.82, 2.24) is 9.88 Å². The molecule has 196 valence electrons. The van der Waals surface area contributed by atoms with Crippen molar-refractivity contribution in [2.75, 3.05) is 5.32 Å². The Hall–Kier alpha value is -2.58. The number of thiophene rings is 2. The van der Waals surface area contributed by atoms with Crippen LogP contribution in [0, 0.1) is 0 Å². The van der Waals surface area contributed by atoms with Gasteiger partial charge in [0.05, 0.1) is 5.56 Å². The maximum atomic E-state index is 13.3. The first-order valence-electron chi connectivity index (χ1n) is 13.8. The average molecular weight is 538 g/mol. The fraction of sp³-hybridized carbons (Fsp3) is 0.517. The summed E-state index contributed by atoms with van der Waals surface area (Å²) < 4.78 is 8.11. The van der Waals surface area contributed by atoms with Crippen LogP contribution in [0.5, 0.6) is 0 Å². The molecular formula is C29H35N3O3S2. The van der Waals surface area contributed by atoms with Crippen LogP contribution in [0.2, 0.25) is 0 Å². The van der Waals surface area contributed by atoms with Gasteiger partial charge < -0.3 is 14.6 Å². The Balaban J connectivity index is 1.20. The first kappa shape index (κ1) is 24.7. The van der Waals surface area contributed by atoms with Crippen molar-refractivity contribution in [2.24, 2.45) is 0 Å². The number of aryl methyl sites for hydroxylation is 2. The molecule has 0 aromatic carbocycles. The third-order valence-electron chi connectivity index (χ3n) is 7.95. The van der Waals surface area contributed by atoms with Crippen LogP contribution in [0.3, 0.4) is 0 Å². The minimum atomic E-state index is -0.264. The summed E-state index contributed by atoms with van der Waals surface area (Å²) in [6, 6.07) is 3.81. The zero-order chi connectivity index (χ0) is 25.2. The summed E-state index contributed by atoms with van der Waals surface area (Å²) in [4.78, 5) is 29.2. The second kappa shape index (κ2) is 11.0. The van der Waals surface area contributed by atoms with E-state index in [0.717, 1.165) is 69.8 Å². The number of esters is 1. The predicted octanol–water partition coefficient (Wildman–Crippen LogP) is 7.17. The Morgan fingerprint density at radius 3 is 2.30 bits per heavy atom. The van der Waals surface area contributed by atoms with Gasteiger partial charge in [-0.3, -0.25) is 5.32 Å². The van der Waals surface area contributed by atoms with Gasteiger partial charge in [0.25, 0.3) is 0 Å². The highest BCUT2D eigenvalue weighted by atomic mass is 32.1. The number of ether oxygens (including phenoxy) is 1. The Morgan fingerprint density at radius 2 is 1.54 bits per heavy atom. The number of carbonyl (C=O) groups is 2. The number of hydrogen-bond donors (Lipinski definition) is 2. The Morgan fingerprint density at radius 1 is 0.865 bits per heavy atom. The van der Waals surface area contributed by atoms with Gasteiger partial charge in [-0.15, -0.1) is 22.7 Å². The van der Waals surface area contributed by atoms with E-state index in [1.807, 2.05) is 23.5 Å². The number of amides is 2. The first-order valence-corrected chi connectivity index (χ1v) is 15.5. The SMILES string of the molecule is O=C(NCc1c(-n2cccc2)sc2c1CCCC2)Nc1sc2c(c1C(=O)OC1CCCCC1)CCCC2. The second-order valence-corrected chi connectivity index (χ2v) is 12.7. The third-order valence-corrected chi connectivity index (χ3v) is 10.5. The number of hydrogen-bond acceptors (Lipinski definition) is 5. The molecule has 3 heterocycles. The van der Waals surface area contributed by atoms with Crippen molar-refractivity contribution in [2.45, 2.75) is 96.1 Å². The van der Waals surface area contributed by atoms with Crippen molar-refractivity contribution in [1.29, 1.82) is 0 Å². The zero-order valence-corrected chi connectivity index (χ0v) is 22.9. The maximum absolute atomic E-state index is 13.3. The number of rotatable bonds is 6. The molecule has 0 unspecified atom stereocenters. The summed E-state index contributed by atoms with van der Waals surface area (Å²) in [5, 5.41) is 8.00. The van der Waals surface area contributed by atoms with Gasteiger partial charge in [0.1, 0.15) is 16.1 Å². The quantitative estimate of drug-likeness (QED) is 0.328. The molecule has 0 spiro atoms. The molecular weight excluding hydrogens is 502 g/mol. The van der Waals surface area contributed by atoms with E-state index in [0.29, 0.717) is 17.1 Å². The topological polar surface area (TPSA) is 72.4 Å². The standard InChI is InChI=1S/C29H35N3O3S2/c33-28(35-19-10-2-1-3-11-19)25-21-13-5-7-15-24(21)36-26(25)31-29(34)30-18-22-20-12-4-6-14-23(20)37-27(22)32-16-8-9-17-32/h8-9,16-17,19H,1-7,10-15,18H2,(H2,30,31,34). The molecule has 8 heteroatoms. The van der Waals surface area contributed by atoms with Crippen molar-refractivity contribution < 1.29 is 14.3 Å². The summed E-state index contributed by atoms with van der Waals surface area (Å²) in [5.41, 5.74) is 4.31. The minimum absolute atomic E-state index is 0.000979. The summed E-state index contributed by atoms with van der Waals surface area (Å²) in [5.74, 6) is -0.261. The number of nitrogens with one attached hydrogen (secondary N) is 2. The Kier molecular flexibility index (Phi) is 7.38. The highest BCUT2D eigenvalue weighted by molar-refractivity contribution is 7.17. The van der Waals surface area contributed by atoms with Gasteiger partial charge in [-0.25, -0.2) is 9.59 Å². The van der Waals surface area contributed by atoms with Gasteiger partial charge in [0, 0.05) is 34.3 Å². The molecule has 3 aromatic heterocycles. The number of carbonyl (C=O) groups excluding carboxylic acids is 2. The fourth-order valence-electron chi connectivity index (χ4n) is 6.06. The lowest BCUT2D eigenvalue weighted by molar-refractivity contribution is 0.0211. The van der Waals surface area contributed by atoms with Crippen molar-refractivity contribution in [3.63, 3.8) is 0 Å². The highest BCUT2D eigenvalue weighted by Gasteiger charge is 2.30. The molecule has 3 aliphatic rings. The highest BCUT2D eigenvalue weighted by Crippen LogP contribution is 2.40. The van der Waals surface area contributed by atoms with Crippen LogP contribution < -0.4 is 10.6 Å². The van der Waals surface area contributed by atoms with E-state index in [9.17, 15) is 9.59 Å². The van der Waals surface area contributed by atoms with Gasteiger partial charge in [-0.05, 0) is 100 Å². The molecule has 1 saturated carbocycles. The molecule has 0 atom stereocenters. The van der Waals surface area contributed by atoms with Gasteiger partial charge in [0.15, 0.2) is 0 Å². The van der Waals surface area contributed by atoms with Crippen LogP contribution >= 0.6 is 22.7 Å². The third kappa shape index (κ3) is 5.23. The summed E-state index contributed by atoms with van der Waals surface area (Å²) in [7, 11) is 0. The van der Waals surface area contributed by atoms with E-state index >= 15 is 0 Å². The number of fused-ring (bicyclic) bond motifs is 2. The van der Waals surface area contributed by atoms with Crippen LogP contribution in [0.15, 0.2) is 24.5 Å². The summed E-state index contributed by atoms with van der Waals surface area (Å²) in [6.45, 7) is 0.470. The van der Waals surface area contributed by atoms with E-state index in [-0.39, 0.29) is 18.1 Å². The van der Waals surface area contributed by atoms with Crippen LogP contribution in [0.25, 0.3) is 5.00 Å². The molecule has 0 saturated heterocycles. The fourth-order valence-corrected chi connectivity index (χ4v) is 8.70. The molecule has 0 radical (unpaired) electrons. The lowest BCUT2D eigenvalue weighted by atomic mass is 9.95. The predicted molar refractivity (Wildman–Crippen MR) is 149 cm³/mol. The number of nitrogens with zero attached hydrogens (tertiary/aromatic N) is 1. The molecule has 2 amide bonds. The molecule has 2 N–H and O–H groups in total. The molecule has 0 aliphatic heterocycles. The maximum Gasteiger partial charge on any atom is 0.341 e. The van der Waals surface area contributed by atoms with E-state index < -0.39 is 0 Å². The normalized spacial score (nSPS) is 17.6. The molecule has 37 heavy (non-hydrogen) atoms.